The van der Waals surface area contributed by atoms with Gasteiger partial charge in [0.15, 0.2) is 0 Å². The molecule has 0 N–H and O–H groups in total. The van der Waals surface area contributed by atoms with E-state index in [2.05, 4.69) is 48.9 Å². The van der Waals surface area contributed by atoms with Crippen LogP contribution >= 0.6 is 0 Å². The molecular formula is C20H27N5O. The van der Waals surface area contributed by atoms with Crippen molar-refractivity contribution in [2.24, 2.45) is 0 Å². The number of hydrogen-bond acceptors (Lipinski definition) is 5. The number of piperidine rings is 1. The zero-order chi connectivity index (χ0) is 18.3. The lowest BCUT2D eigenvalue weighted by Gasteiger charge is -2.33. The Bertz CT molecular complexity index is 887. The minimum atomic E-state index is 0.337. The predicted octanol–water partition coefficient (Wildman–Crippen LogP) is 4.10. The second kappa shape index (κ2) is 6.83. The van der Waals surface area contributed by atoms with Crippen LogP contribution in [0.5, 0.6) is 0 Å². The van der Waals surface area contributed by atoms with Gasteiger partial charge in [0.2, 0.25) is 11.7 Å². The summed E-state index contributed by atoms with van der Waals surface area (Å²) in [5.41, 5.74) is 2.16. The fourth-order valence-corrected chi connectivity index (χ4v) is 3.79. The zero-order valence-corrected chi connectivity index (χ0v) is 16.0. The van der Waals surface area contributed by atoms with Gasteiger partial charge in [0.25, 0.3) is 5.89 Å². The maximum atomic E-state index is 6.08. The molecule has 0 saturated carbocycles. The number of pyridine rings is 1. The highest BCUT2D eigenvalue weighted by Gasteiger charge is 2.27. The quantitative estimate of drug-likeness (QED) is 0.707. The monoisotopic (exact) mass is 353 g/mol. The van der Waals surface area contributed by atoms with Crippen molar-refractivity contribution in [3.8, 4) is 11.7 Å². The first-order valence-corrected chi connectivity index (χ1v) is 9.59. The van der Waals surface area contributed by atoms with Crippen LogP contribution in [0.25, 0.3) is 17.2 Å². The van der Waals surface area contributed by atoms with E-state index in [4.69, 9.17) is 9.40 Å². The number of rotatable bonds is 4. The average Bonchev–Trinajstić information content (AvgIpc) is 3.26. The van der Waals surface area contributed by atoms with Crippen molar-refractivity contribution in [3.05, 3.63) is 36.0 Å². The minimum absolute atomic E-state index is 0.337. The molecular weight excluding hydrogens is 326 g/mol. The molecule has 0 radical (unpaired) electrons. The lowest BCUT2D eigenvalue weighted by Crippen LogP contribution is -2.37. The molecule has 0 aromatic carbocycles. The molecule has 0 unspecified atom stereocenters. The Balaban J connectivity index is 1.62. The Kier molecular flexibility index (Phi) is 4.53. The first kappa shape index (κ1) is 17.2. The van der Waals surface area contributed by atoms with E-state index in [1.54, 1.807) is 0 Å². The largest absolute Gasteiger partial charge is 0.418 e. The summed E-state index contributed by atoms with van der Waals surface area (Å²) in [7, 11) is 0. The van der Waals surface area contributed by atoms with Crippen LogP contribution in [0.1, 0.15) is 64.0 Å². The maximum Gasteiger partial charge on any atom is 0.284 e. The Morgan fingerprint density at radius 2 is 1.85 bits per heavy atom. The van der Waals surface area contributed by atoms with Crippen LogP contribution in [0.4, 0.5) is 0 Å². The normalized spacial score (nSPS) is 17.0. The van der Waals surface area contributed by atoms with E-state index < -0.39 is 0 Å². The molecule has 0 bridgehead atoms. The van der Waals surface area contributed by atoms with E-state index in [9.17, 15) is 0 Å². The van der Waals surface area contributed by atoms with Crippen LogP contribution in [0, 0.1) is 0 Å². The van der Waals surface area contributed by atoms with Crippen LogP contribution in [-0.2, 0) is 0 Å². The zero-order valence-electron chi connectivity index (χ0n) is 16.0. The van der Waals surface area contributed by atoms with Gasteiger partial charge in [-0.1, -0.05) is 19.9 Å². The van der Waals surface area contributed by atoms with Gasteiger partial charge in [-0.15, -0.1) is 10.2 Å². The molecule has 3 aromatic rings. The van der Waals surface area contributed by atoms with E-state index in [0.29, 0.717) is 23.8 Å². The Hall–Kier alpha value is -2.21. The fourth-order valence-electron chi connectivity index (χ4n) is 3.79. The standard InChI is InChI=1S/C20H27N5O/c1-13(2)17-16-7-5-6-10-25(16)18(21-17)20-23-22-19(26-20)15-8-11-24(12-9-15)14(3)4/h5-7,10,13-15H,8-9,11-12H2,1-4H3. The van der Waals surface area contributed by atoms with Gasteiger partial charge in [-0.2, -0.15) is 0 Å². The third-order valence-electron chi connectivity index (χ3n) is 5.36. The molecule has 4 heterocycles. The van der Waals surface area contributed by atoms with Gasteiger partial charge in [-0.3, -0.25) is 4.40 Å². The Morgan fingerprint density at radius 3 is 2.54 bits per heavy atom. The van der Waals surface area contributed by atoms with Gasteiger partial charge in [0.05, 0.1) is 11.2 Å². The molecule has 26 heavy (non-hydrogen) atoms. The number of fused-ring (bicyclic) bond motifs is 1. The molecule has 0 atom stereocenters. The third-order valence-corrected chi connectivity index (χ3v) is 5.36. The van der Waals surface area contributed by atoms with Crippen LogP contribution in [0.3, 0.4) is 0 Å². The molecule has 4 rings (SSSR count). The van der Waals surface area contributed by atoms with E-state index >= 15 is 0 Å². The molecule has 6 nitrogen and oxygen atoms in total. The van der Waals surface area contributed by atoms with Gasteiger partial charge in [0.1, 0.15) is 0 Å². The summed E-state index contributed by atoms with van der Waals surface area (Å²) in [4.78, 5) is 7.32. The number of likely N-dealkylation sites (tertiary alicyclic amines) is 1. The predicted molar refractivity (Wildman–Crippen MR) is 101 cm³/mol. The van der Waals surface area contributed by atoms with Crippen LogP contribution in [-0.4, -0.2) is 43.6 Å². The van der Waals surface area contributed by atoms with Gasteiger partial charge in [-0.25, -0.2) is 4.98 Å². The molecule has 3 aromatic heterocycles. The highest BCUT2D eigenvalue weighted by molar-refractivity contribution is 5.61. The molecule has 138 valence electrons. The lowest BCUT2D eigenvalue weighted by atomic mass is 9.96. The summed E-state index contributed by atoms with van der Waals surface area (Å²) < 4.78 is 8.13. The molecule has 0 amide bonds. The summed E-state index contributed by atoms with van der Waals surface area (Å²) >= 11 is 0. The second-order valence-electron chi connectivity index (χ2n) is 7.78. The average molecular weight is 353 g/mol. The van der Waals surface area contributed by atoms with Crippen LogP contribution in [0.2, 0.25) is 0 Å². The molecule has 0 spiro atoms. The molecule has 1 aliphatic rings. The van der Waals surface area contributed by atoms with Crippen molar-refractivity contribution in [1.82, 2.24) is 24.5 Å². The molecule has 1 saturated heterocycles. The van der Waals surface area contributed by atoms with Gasteiger partial charge < -0.3 is 9.32 Å². The second-order valence-corrected chi connectivity index (χ2v) is 7.78. The highest BCUT2D eigenvalue weighted by Crippen LogP contribution is 2.31. The van der Waals surface area contributed by atoms with Gasteiger partial charge in [-0.05, 0) is 57.8 Å². The van der Waals surface area contributed by atoms with E-state index in [-0.39, 0.29) is 0 Å². The smallest absolute Gasteiger partial charge is 0.284 e. The van der Waals surface area contributed by atoms with Crippen molar-refractivity contribution in [2.45, 2.75) is 58.4 Å². The summed E-state index contributed by atoms with van der Waals surface area (Å²) in [5.74, 6) is 2.69. The minimum Gasteiger partial charge on any atom is -0.418 e. The third kappa shape index (κ3) is 3.03. The van der Waals surface area contributed by atoms with Crippen molar-refractivity contribution in [1.29, 1.82) is 0 Å². The van der Waals surface area contributed by atoms with Crippen molar-refractivity contribution in [3.63, 3.8) is 0 Å². The lowest BCUT2D eigenvalue weighted by molar-refractivity contribution is 0.163. The molecule has 1 fully saturated rings. The first-order chi connectivity index (χ1) is 12.5. The van der Waals surface area contributed by atoms with Gasteiger partial charge >= 0.3 is 0 Å². The Morgan fingerprint density at radius 1 is 1.08 bits per heavy atom. The molecule has 0 aliphatic carbocycles. The topological polar surface area (TPSA) is 59.5 Å². The summed E-state index contributed by atoms with van der Waals surface area (Å²) in [5, 5.41) is 8.68. The van der Waals surface area contributed by atoms with E-state index in [1.165, 1.54) is 0 Å². The van der Waals surface area contributed by atoms with Crippen LogP contribution < -0.4 is 0 Å². The maximum absolute atomic E-state index is 6.08. The molecule has 1 aliphatic heterocycles. The number of aromatic nitrogens is 4. The Labute approximate surface area is 154 Å². The highest BCUT2D eigenvalue weighted by atomic mass is 16.4. The van der Waals surface area contributed by atoms with E-state index in [1.807, 2.05) is 22.7 Å². The van der Waals surface area contributed by atoms with E-state index in [0.717, 1.165) is 48.9 Å². The molecule has 6 heteroatoms. The van der Waals surface area contributed by atoms with Crippen molar-refractivity contribution < 1.29 is 4.42 Å². The summed E-state index contributed by atoms with van der Waals surface area (Å²) in [6.07, 6.45) is 4.15. The van der Waals surface area contributed by atoms with Crippen molar-refractivity contribution in [2.75, 3.05) is 13.1 Å². The van der Waals surface area contributed by atoms with Gasteiger partial charge in [0, 0.05) is 18.2 Å². The number of imidazole rings is 1. The first-order valence-electron chi connectivity index (χ1n) is 9.59. The summed E-state index contributed by atoms with van der Waals surface area (Å²) in [6.45, 7) is 11.0. The SMILES string of the molecule is CC(C)c1nc(-c2nnc(C3CCN(C(C)C)CC3)o2)n2ccccc12. The number of hydrogen-bond donors (Lipinski definition) is 0. The number of nitrogens with zero attached hydrogens (tertiary/aromatic N) is 5. The fraction of sp³-hybridized carbons (Fsp3) is 0.550. The van der Waals surface area contributed by atoms with Crippen LogP contribution in [0.15, 0.2) is 28.8 Å². The van der Waals surface area contributed by atoms with Crippen molar-refractivity contribution >= 4 is 5.52 Å². The summed E-state index contributed by atoms with van der Waals surface area (Å²) in [6, 6.07) is 6.72.